The fourth-order valence-electron chi connectivity index (χ4n) is 2.44. The number of anilines is 2. The molecule has 1 unspecified atom stereocenters. The molecule has 0 aromatic heterocycles. The maximum absolute atomic E-state index is 12.9. The van der Waals surface area contributed by atoms with Gasteiger partial charge in [-0.2, -0.15) is 0 Å². The number of urea groups is 1. The molecule has 1 aliphatic rings. The Kier molecular flexibility index (Phi) is 6.32. The van der Waals surface area contributed by atoms with Crippen molar-refractivity contribution in [3.63, 3.8) is 0 Å². The van der Waals surface area contributed by atoms with Gasteiger partial charge >= 0.3 is 11.6 Å². The minimum absolute atomic E-state index is 0.131. The van der Waals surface area contributed by atoms with Crippen LogP contribution in [0.15, 0.2) is 53.5 Å². The van der Waals surface area contributed by atoms with Crippen molar-refractivity contribution in [1.82, 2.24) is 0 Å². The van der Waals surface area contributed by atoms with E-state index in [9.17, 15) is 13.6 Å². The van der Waals surface area contributed by atoms with Gasteiger partial charge in [-0.1, -0.05) is 36.4 Å². The van der Waals surface area contributed by atoms with Crippen molar-refractivity contribution in [2.45, 2.75) is 17.7 Å². The van der Waals surface area contributed by atoms with E-state index in [0.29, 0.717) is 28.1 Å². The molecule has 0 saturated carbocycles. The number of ether oxygens (including phenoxy) is 1. The van der Waals surface area contributed by atoms with Gasteiger partial charge in [0.05, 0.1) is 12.2 Å². The summed E-state index contributed by atoms with van der Waals surface area (Å²) in [5.74, 6) is -0.131. The van der Waals surface area contributed by atoms with Gasteiger partial charge in [-0.3, -0.25) is 4.99 Å². The number of benzene rings is 2. The second-order valence-corrected chi connectivity index (χ2v) is 8.15. The fraction of sp³-hybridized carbons (Fsp3) is 0.222. The van der Waals surface area contributed by atoms with E-state index in [-0.39, 0.29) is 11.0 Å². The summed E-state index contributed by atoms with van der Waals surface area (Å²) in [4.78, 5) is 18.7. The minimum atomic E-state index is -3.81. The zero-order valence-electron chi connectivity index (χ0n) is 14.5. The van der Waals surface area contributed by atoms with E-state index in [0.717, 1.165) is 0 Å². The molecule has 1 aliphatic heterocycles. The third-order valence-corrected chi connectivity index (χ3v) is 4.98. The molecule has 0 spiro atoms. The van der Waals surface area contributed by atoms with Crippen LogP contribution >= 0.6 is 35.0 Å². The molecular weight excluding hydrogens is 431 g/mol. The first kappa shape index (κ1) is 20.7. The first-order valence-corrected chi connectivity index (χ1v) is 9.78. The van der Waals surface area contributed by atoms with Gasteiger partial charge in [0.25, 0.3) is 0 Å². The van der Waals surface area contributed by atoms with Gasteiger partial charge in [-0.15, -0.1) is 8.78 Å². The van der Waals surface area contributed by atoms with Crippen molar-refractivity contribution >= 4 is 57.5 Å². The van der Waals surface area contributed by atoms with E-state index in [2.05, 4.69) is 15.0 Å². The zero-order valence-corrected chi connectivity index (χ0v) is 16.9. The Balaban J connectivity index is 1.86. The van der Waals surface area contributed by atoms with E-state index >= 15 is 0 Å². The van der Waals surface area contributed by atoms with Gasteiger partial charge in [0, 0.05) is 27.6 Å². The number of hydrogen-bond donors (Lipinski definition) is 1. The highest BCUT2D eigenvalue weighted by Crippen LogP contribution is 2.31. The summed E-state index contributed by atoms with van der Waals surface area (Å²) >= 11 is 12.2. The largest absolute Gasteiger partial charge is 0.487 e. The highest BCUT2D eigenvalue weighted by molar-refractivity contribution is 8.15. The number of rotatable bonds is 4. The molecule has 1 atom stereocenters. The molecule has 5 nitrogen and oxygen atoms in total. The van der Waals surface area contributed by atoms with Crippen molar-refractivity contribution in [3.8, 4) is 5.75 Å². The molecule has 148 valence electrons. The average Bonchev–Trinajstić information content (AvgIpc) is 3.01. The van der Waals surface area contributed by atoms with Crippen molar-refractivity contribution in [1.29, 1.82) is 0 Å². The monoisotopic (exact) mass is 445 g/mol. The molecule has 0 radical (unpaired) electrons. The van der Waals surface area contributed by atoms with Crippen molar-refractivity contribution < 1.29 is 18.3 Å². The molecule has 0 fully saturated rings. The molecule has 2 aromatic carbocycles. The van der Waals surface area contributed by atoms with E-state index in [1.54, 1.807) is 24.3 Å². The van der Waals surface area contributed by atoms with Gasteiger partial charge in [0.1, 0.15) is 5.75 Å². The smallest absolute Gasteiger partial charge is 0.420 e. The van der Waals surface area contributed by atoms with Crippen LogP contribution in [0.5, 0.6) is 5.75 Å². The second-order valence-electron chi connectivity index (χ2n) is 5.87. The average molecular weight is 446 g/mol. The molecule has 1 N–H and O–H groups in total. The van der Waals surface area contributed by atoms with Crippen molar-refractivity contribution in [2.75, 3.05) is 16.8 Å². The lowest BCUT2D eigenvalue weighted by atomic mass is 10.3. The third kappa shape index (κ3) is 5.50. The molecule has 0 aliphatic carbocycles. The van der Waals surface area contributed by atoms with Crippen LogP contribution < -0.4 is 15.0 Å². The maximum Gasteiger partial charge on any atom is 0.487 e. The Morgan fingerprint density at radius 2 is 2.04 bits per heavy atom. The molecule has 0 saturated heterocycles. The van der Waals surface area contributed by atoms with E-state index < -0.39 is 11.6 Å². The summed E-state index contributed by atoms with van der Waals surface area (Å²) in [6.07, 6.45) is 0. The Hall–Kier alpha value is -2.03. The van der Waals surface area contributed by atoms with Crippen LogP contribution in [0.3, 0.4) is 0 Å². The number of aliphatic imine (C=N–C) groups is 1. The number of halogens is 4. The Bertz CT molecular complexity index is 891. The first-order valence-electron chi connectivity index (χ1n) is 8.15. The molecular formula is C18H15Cl2F2N3O2S. The van der Waals surface area contributed by atoms with Crippen LogP contribution in [-0.2, 0) is 0 Å². The predicted molar refractivity (Wildman–Crippen MR) is 110 cm³/mol. The highest BCUT2D eigenvalue weighted by Gasteiger charge is 2.29. The van der Waals surface area contributed by atoms with Gasteiger partial charge in [-0.25, -0.2) is 9.69 Å². The molecule has 2 amide bonds. The lowest BCUT2D eigenvalue weighted by Gasteiger charge is -2.23. The van der Waals surface area contributed by atoms with Crippen molar-refractivity contribution in [2.24, 2.45) is 4.99 Å². The Morgan fingerprint density at radius 1 is 1.32 bits per heavy atom. The molecule has 3 rings (SSSR count). The maximum atomic E-state index is 12.9. The number of amides is 2. The molecule has 10 heteroatoms. The Labute approximate surface area is 174 Å². The summed E-state index contributed by atoms with van der Waals surface area (Å²) in [6, 6.07) is 11.8. The topological polar surface area (TPSA) is 53.9 Å². The second kappa shape index (κ2) is 8.55. The van der Waals surface area contributed by atoms with Crippen LogP contribution in [-0.4, -0.2) is 28.6 Å². The first-order chi connectivity index (χ1) is 13.2. The predicted octanol–water partition coefficient (Wildman–Crippen LogP) is 6.04. The molecule has 2 aromatic rings. The third-order valence-electron chi connectivity index (χ3n) is 3.59. The van der Waals surface area contributed by atoms with Gasteiger partial charge in [-0.05, 0) is 42.5 Å². The van der Waals surface area contributed by atoms with Crippen LogP contribution in [0.2, 0.25) is 5.02 Å². The number of carbonyl (C=O) groups is 1. The zero-order chi connectivity index (χ0) is 20.3. The van der Waals surface area contributed by atoms with Crippen LogP contribution in [0.25, 0.3) is 0 Å². The van der Waals surface area contributed by atoms with Crippen LogP contribution in [0.4, 0.5) is 25.0 Å². The van der Waals surface area contributed by atoms with Crippen molar-refractivity contribution in [3.05, 3.63) is 53.6 Å². The quantitative estimate of drug-likeness (QED) is 0.583. The number of thioether (sulfide) groups is 1. The molecule has 0 bridgehead atoms. The number of nitrogens with zero attached hydrogens (tertiary/aromatic N) is 2. The van der Waals surface area contributed by atoms with Gasteiger partial charge < -0.3 is 10.1 Å². The number of carbonyl (C=O) groups excluding carboxylic acids is 1. The van der Waals surface area contributed by atoms with E-state index in [4.69, 9.17) is 23.2 Å². The summed E-state index contributed by atoms with van der Waals surface area (Å²) < 4.78 is 29.9. The summed E-state index contributed by atoms with van der Waals surface area (Å²) in [6.45, 7) is 2.56. The summed E-state index contributed by atoms with van der Waals surface area (Å²) in [5.41, 5.74) is -2.86. The van der Waals surface area contributed by atoms with E-state index in [1.165, 1.54) is 40.9 Å². The highest BCUT2D eigenvalue weighted by atomic mass is 35.5. The number of alkyl halides is 3. The number of nitrogens with one attached hydrogen (secondary N) is 1. The lowest BCUT2D eigenvalue weighted by molar-refractivity contribution is -0.0964. The minimum Gasteiger partial charge on any atom is -0.420 e. The van der Waals surface area contributed by atoms with Gasteiger partial charge in [0.15, 0.2) is 5.17 Å². The number of hydrogen-bond acceptors (Lipinski definition) is 4. The standard InChI is InChI=1S/C18H15Cl2F2N3O2S/c1-11-10-23-17(28-11)25(16(26)24-13-4-2-3-12(19)9-13)14-5-7-15(8-6-14)27-18(20,21)22/h2-9,11H,10H2,1H3,(H,24,26). The Morgan fingerprint density at radius 3 is 2.61 bits per heavy atom. The van der Waals surface area contributed by atoms with Gasteiger partial charge in [0.2, 0.25) is 0 Å². The normalized spacial score (nSPS) is 16.5. The molecule has 1 heterocycles. The summed E-state index contributed by atoms with van der Waals surface area (Å²) in [7, 11) is 0. The molecule has 28 heavy (non-hydrogen) atoms. The SMILES string of the molecule is CC1CN=C(N(C(=O)Nc2cccc(Cl)c2)c2ccc(OC(F)(F)Cl)cc2)S1. The fourth-order valence-corrected chi connectivity index (χ4v) is 3.67. The number of amidine groups is 1. The van der Waals surface area contributed by atoms with Crippen LogP contribution in [0.1, 0.15) is 6.92 Å². The summed E-state index contributed by atoms with van der Waals surface area (Å²) in [5, 5.41) is 3.96. The van der Waals surface area contributed by atoms with E-state index in [1.807, 2.05) is 6.92 Å². The lowest BCUT2D eigenvalue weighted by Crippen LogP contribution is -2.38. The van der Waals surface area contributed by atoms with Crippen LogP contribution in [0, 0.1) is 0 Å².